The Hall–Kier alpha value is -2.95. The molecule has 1 aliphatic heterocycles. The predicted octanol–water partition coefficient (Wildman–Crippen LogP) is 3.47. The molecule has 1 N–H and O–H groups in total. The van der Waals surface area contributed by atoms with Crippen molar-refractivity contribution in [3.63, 3.8) is 0 Å². The number of rotatable bonds is 4. The van der Waals surface area contributed by atoms with Crippen LogP contribution >= 0.6 is 0 Å². The molecule has 27 heavy (non-hydrogen) atoms. The molecule has 1 atom stereocenters. The Kier molecular flexibility index (Phi) is 4.87. The zero-order valence-electron chi connectivity index (χ0n) is 15.8. The van der Waals surface area contributed by atoms with E-state index < -0.39 is 11.4 Å². The highest BCUT2D eigenvalue weighted by atomic mass is 16.4. The van der Waals surface area contributed by atoms with Crippen LogP contribution in [-0.2, 0) is 4.79 Å². The fourth-order valence-corrected chi connectivity index (χ4v) is 3.39. The number of ketones is 1. The molecular weight excluding hydrogens is 342 g/mol. The molecule has 1 saturated heterocycles. The largest absolute Gasteiger partial charge is 0.481 e. The Morgan fingerprint density at radius 3 is 2.26 bits per heavy atom. The summed E-state index contributed by atoms with van der Waals surface area (Å²) in [5.74, 6) is -1.41. The van der Waals surface area contributed by atoms with Gasteiger partial charge in [-0.3, -0.25) is 14.4 Å². The first-order chi connectivity index (χ1) is 12.7. The third kappa shape index (κ3) is 3.50. The third-order valence-electron chi connectivity index (χ3n) is 5.45. The number of likely N-dealkylation sites (tertiary alicyclic amines) is 1. The van der Waals surface area contributed by atoms with E-state index in [1.807, 2.05) is 26.0 Å². The lowest BCUT2D eigenvalue weighted by molar-refractivity contribution is -0.147. The van der Waals surface area contributed by atoms with E-state index in [0.717, 1.165) is 11.1 Å². The van der Waals surface area contributed by atoms with Crippen molar-refractivity contribution < 1.29 is 19.5 Å². The maximum Gasteiger partial charge on any atom is 0.311 e. The van der Waals surface area contributed by atoms with Gasteiger partial charge in [0, 0.05) is 24.2 Å². The second-order valence-electron chi connectivity index (χ2n) is 7.52. The number of hydrogen-bond acceptors (Lipinski definition) is 3. The Morgan fingerprint density at radius 1 is 1.00 bits per heavy atom. The van der Waals surface area contributed by atoms with Gasteiger partial charge >= 0.3 is 5.97 Å². The van der Waals surface area contributed by atoms with Gasteiger partial charge in [-0.25, -0.2) is 0 Å². The minimum atomic E-state index is -0.942. The van der Waals surface area contributed by atoms with Gasteiger partial charge in [-0.05, 0) is 50.5 Å². The molecule has 0 spiro atoms. The second-order valence-corrected chi connectivity index (χ2v) is 7.52. The first-order valence-electron chi connectivity index (χ1n) is 8.96. The Bertz CT molecular complexity index is 934. The maximum absolute atomic E-state index is 13.0. The SMILES string of the molecule is Cc1ccc(C(=O)c2ccccc2C(=O)N2CCC(C)(C(=O)O)C2)cc1C. The van der Waals surface area contributed by atoms with Crippen LogP contribution in [0, 0.1) is 19.3 Å². The summed E-state index contributed by atoms with van der Waals surface area (Å²) in [5.41, 5.74) is 2.37. The average molecular weight is 365 g/mol. The number of carboxylic acids is 1. The molecule has 1 unspecified atom stereocenters. The van der Waals surface area contributed by atoms with E-state index in [1.165, 1.54) is 4.90 Å². The number of carbonyl (C=O) groups is 3. The van der Waals surface area contributed by atoms with Gasteiger partial charge in [0.15, 0.2) is 5.78 Å². The van der Waals surface area contributed by atoms with Gasteiger partial charge in [-0.1, -0.05) is 30.3 Å². The summed E-state index contributed by atoms with van der Waals surface area (Å²) in [6.45, 7) is 6.09. The van der Waals surface area contributed by atoms with Gasteiger partial charge in [0.05, 0.1) is 11.0 Å². The number of aliphatic carboxylic acids is 1. The summed E-state index contributed by atoms with van der Waals surface area (Å²) >= 11 is 0. The topological polar surface area (TPSA) is 74.7 Å². The summed E-state index contributed by atoms with van der Waals surface area (Å²) < 4.78 is 0. The van der Waals surface area contributed by atoms with E-state index in [9.17, 15) is 19.5 Å². The number of benzene rings is 2. The van der Waals surface area contributed by atoms with E-state index in [-0.39, 0.29) is 18.2 Å². The van der Waals surface area contributed by atoms with E-state index in [4.69, 9.17) is 0 Å². The molecule has 0 bridgehead atoms. The zero-order chi connectivity index (χ0) is 19.8. The average Bonchev–Trinajstić information content (AvgIpc) is 3.06. The minimum Gasteiger partial charge on any atom is -0.481 e. The summed E-state index contributed by atoms with van der Waals surface area (Å²) in [6, 6.07) is 12.2. The van der Waals surface area contributed by atoms with E-state index >= 15 is 0 Å². The van der Waals surface area contributed by atoms with Gasteiger partial charge in [-0.2, -0.15) is 0 Å². The monoisotopic (exact) mass is 365 g/mol. The molecule has 1 amide bonds. The van der Waals surface area contributed by atoms with E-state index in [0.29, 0.717) is 29.7 Å². The van der Waals surface area contributed by atoms with Gasteiger partial charge in [0.1, 0.15) is 0 Å². The van der Waals surface area contributed by atoms with Crippen molar-refractivity contribution >= 4 is 17.7 Å². The van der Waals surface area contributed by atoms with Crippen molar-refractivity contribution in [2.24, 2.45) is 5.41 Å². The Morgan fingerprint density at radius 2 is 1.67 bits per heavy atom. The van der Waals surface area contributed by atoms with Crippen LogP contribution in [0.2, 0.25) is 0 Å². The lowest BCUT2D eigenvalue weighted by atomic mass is 9.90. The number of hydrogen-bond donors (Lipinski definition) is 1. The van der Waals surface area contributed by atoms with Crippen LogP contribution in [-0.4, -0.2) is 40.8 Å². The Balaban J connectivity index is 1.92. The highest BCUT2D eigenvalue weighted by Crippen LogP contribution is 2.31. The smallest absolute Gasteiger partial charge is 0.311 e. The van der Waals surface area contributed by atoms with Gasteiger partial charge < -0.3 is 10.0 Å². The second kappa shape index (κ2) is 6.99. The van der Waals surface area contributed by atoms with Crippen molar-refractivity contribution in [1.82, 2.24) is 4.90 Å². The summed E-state index contributed by atoms with van der Waals surface area (Å²) in [6.07, 6.45) is 0.404. The van der Waals surface area contributed by atoms with Crippen LogP contribution in [0.5, 0.6) is 0 Å². The van der Waals surface area contributed by atoms with Crippen molar-refractivity contribution in [2.75, 3.05) is 13.1 Å². The third-order valence-corrected chi connectivity index (χ3v) is 5.45. The molecule has 3 rings (SSSR count). The molecule has 2 aromatic carbocycles. The molecule has 0 radical (unpaired) electrons. The van der Waals surface area contributed by atoms with Gasteiger partial charge in [0.25, 0.3) is 5.91 Å². The first-order valence-corrected chi connectivity index (χ1v) is 8.96. The van der Waals surface area contributed by atoms with E-state index in [1.54, 1.807) is 37.3 Å². The first kappa shape index (κ1) is 18.8. The predicted molar refractivity (Wildman–Crippen MR) is 102 cm³/mol. The van der Waals surface area contributed by atoms with Crippen LogP contribution < -0.4 is 0 Å². The molecule has 0 saturated carbocycles. The molecule has 2 aromatic rings. The lowest BCUT2D eigenvalue weighted by Gasteiger charge is -2.21. The molecule has 1 fully saturated rings. The molecule has 0 aliphatic carbocycles. The van der Waals surface area contributed by atoms with Crippen LogP contribution in [0.15, 0.2) is 42.5 Å². The molecule has 140 valence electrons. The maximum atomic E-state index is 13.0. The number of nitrogens with zero attached hydrogens (tertiary/aromatic N) is 1. The van der Waals surface area contributed by atoms with Crippen LogP contribution in [0.25, 0.3) is 0 Å². The van der Waals surface area contributed by atoms with Crippen LogP contribution in [0.3, 0.4) is 0 Å². The standard InChI is InChI=1S/C22H23NO4/c1-14-8-9-16(12-15(14)2)19(24)17-6-4-5-7-18(17)20(25)23-11-10-22(3,13-23)21(26)27/h4-9,12H,10-11,13H2,1-3H3,(H,26,27). The zero-order valence-corrected chi connectivity index (χ0v) is 15.8. The van der Waals surface area contributed by atoms with Crippen molar-refractivity contribution in [2.45, 2.75) is 27.2 Å². The van der Waals surface area contributed by atoms with Crippen molar-refractivity contribution in [3.8, 4) is 0 Å². The molecule has 5 nitrogen and oxygen atoms in total. The normalized spacial score (nSPS) is 19.1. The summed E-state index contributed by atoms with van der Waals surface area (Å²) in [5, 5.41) is 9.39. The Labute approximate surface area is 158 Å². The summed E-state index contributed by atoms with van der Waals surface area (Å²) in [4.78, 5) is 39.0. The fraction of sp³-hybridized carbons (Fsp3) is 0.318. The van der Waals surface area contributed by atoms with E-state index in [2.05, 4.69) is 0 Å². The van der Waals surface area contributed by atoms with Crippen molar-refractivity contribution in [1.29, 1.82) is 0 Å². The van der Waals surface area contributed by atoms with Gasteiger partial charge in [0.2, 0.25) is 0 Å². The lowest BCUT2D eigenvalue weighted by Crippen LogP contribution is -2.35. The van der Waals surface area contributed by atoms with Crippen LogP contribution in [0.1, 0.15) is 50.8 Å². The molecule has 0 aromatic heterocycles. The molecule has 5 heteroatoms. The molecule has 1 aliphatic rings. The highest BCUT2D eigenvalue weighted by molar-refractivity contribution is 6.15. The van der Waals surface area contributed by atoms with Crippen LogP contribution in [0.4, 0.5) is 0 Å². The number of carboxylic acid groups (broad SMARTS) is 1. The number of amides is 1. The number of carbonyl (C=O) groups excluding carboxylic acids is 2. The van der Waals surface area contributed by atoms with Gasteiger partial charge in [-0.15, -0.1) is 0 Å². The fourth-order valence-electron chi connectivity index (χ4n) is 3.39. The minimum absolute atomic E-state index is 0.146. The summed E-state index contributed by atoms with van der Waals surface area (Å²) in [7, 11) is 0. The quantitative estimate of drug-likeness (QED) is 0.842. The molecular formula is C22H23NO4. The highest BCUT2D eigenvalue weighted by Gasteiger charge is 2.42. The van der Waals surface area contributed by atoms with Crippen molar-refractivity contribution in [3.05, 3.63) is 70.3 Å². The molecule has 1 heterocycles. The number of aryl methyl sites for hydroxylation is 2.